The van der Waals surface area contributed by atoms with Crippen LogP contribution in [0.3, 0.4) is 0 Å². The fourth-order valence-electron chi connectivity index (χ4n) is 3.41. The van der Waals surface area contributed by atoms with E-state index in [1.54, 1.807) is 55.1 Å². The van der Waals surface area contributed by atoms with Crippen LogP contribution in [-0.2, 0) is 17.8 Å². The molecule has 4 aromatic rings. The standard InChI is InChI=1S/C24H24N4O4S2/c1-15-23(34-24(26-15)20-5-4-12-33-20)17-7-9-22(30)28(27-17)11-10-25-21(29)14-16-6-8-18(31-2)19(13-16)32-3/h4-9,12-13H,10-11,14H2,1-3H3,(H,25,29). The van der Waals surface area contributed by atoms with Gasteiger partial charge in [0, 0.05) is 12.6 Å². The molecule has 0 spiro atoms. The lowest BCUT2D eigenvalue weighted by atomic mass is 10.1. The first-order valence-corrected chi connectivity index (χ1v) is 12.3. The second-order valence-electron chi connectivity index (χ2n) is 7.41. The molecule has 8 nitrogen and oxygen atoms in total. The fourth-order valence-corrected chi connectivity index (χ4v) is 5.24. The highest BCUT2D eigenvalue weighted by molar-refractivity contribution is 7.23. The van der Waals surface area contributed by atoms with Crippen molar-refractivity contribution in [2.45, 2.75) is 19.9 Å². The maximum Gasteiger partial charge on any atom is 0.266 e. The number of carbonyl (C=O) groups is 1. The zero-order chi connectivity index (χ0) is 24.1. The predicted octanol–water partition coefficient (Wildman–Crippen LogP) is 3.78. The SMILES string of the molecule is COc1ccc(CC(=O)NCCn2nc(-c3sc(-c4cccs4)nc3C)ccc2=O)cc1OC. The van der Waals surface area contributed by atoms with Crippen LogP contribution in [0.5, 0.6) is 11.5 Å². The van der Waals surface area contributed by atoms with Crippen LogP contribution >= 0.6 is 22.7 Å². The first-order valence-electron chi connectivity index (χ1n) is 10.6. The molecule has 0 aliphatic carbocycles. The molecule has 1 amide bonds. The molecule has 10 heteroatoms. The van der Waals surface area contributed by atoms with Crippen LogP contribution in [0.1, 0.15) is 11.3 Å². The lowest BCUT2D eigenvalue weighted by Gasteiger charge is -2.10. The number of hydrogen-bond donors (Lipinski definition) is 1. The Hall–Kier alpha value is -3.50. The lowest BCUT2D eigenvalue weighted by molar-refractivity contribution is -0.120. The Labute approximate surface area is 204 Å². The summed E-state index contributed by atoms with van der Waals surface area (Å²) in [5.74, 6) is 1.02. The van der Waals surface area contributed by atoms with Gasteiger partial charge >= 0.3 is 0 Å². The Morgan fingerprint density at radius 1 is 1.12 bits per heavy atom. The van der Waals surface area contributed by atoms with Crippen LogP contribution in [-0.4, -0.2) is 41.4 Å². The number of aromatic nitrogens is 3. The van der Waals surface area contributed by atoms with E-state index < -0.39 is 0 Å². The van der Waals surface area contributed by atoms with E-state index >= 15 is 0 Å². The summed E-state index contributed by atoms with van der Waals surface area (Å²) in [6.45, 7) is 2.49. The Morgan fingerprint density at radius 3 is 2.68 bits per heavy atom. The maximum absolute atomic E-state index is 12.4. The van der Waals surface area contributed by atoms with Crippen LogP contribution in [0.15, 0.2) is 52.6 Å². The lowest BCUT2D eigenvalue weighted by Crippen LogP contribution is -2.32. The Kier molecular flexibility index (Phi) is 7.39. The molecule has 0 saturated carbocycles. The molecule has 0 radical (unpaired) electrons. The number of thiophene rings is 1. The molecule has 1 N–H and O–H groups in total. The monoisotopic (exact) mass is 496 g/mol. The van der Waals surface area contributed by atoms with E-state index in [1.165, 1.54) is 10.7 Å². The van der Waals surface area contributed by atoms with Gasteiger partial charge in [-0.25, -0.2) is 9.67 Å². The van der Waals surface area contributed by atoms with Crippen molar-refractivity contribution in [1.29, 1.82) is 0 Å². The minimum absolute atomic E-state index is 0.157. The summed E-state index contributed by atoms with van der Waals surface area (Å²) in [4.78, 5) is 31.4. The first kappa shape index (κ1) is 23.7. The van der Waals surface area contributed by atoms with Crippen molar-refractivity contribution >= 4 is 28.6 Å². The molecular weight excluding hydrogens is 472 g/mol. The van der Waals surface area contributed by atoms with Crippen molar-refractivity contribution < 1.29 is 14.3 Å². The van der Waals surface area contributed by atoms with Gasteiger partial charge in [0.25, 0.3) is 5.56 Å². The highest BCUT2D eigenvalue weighted by Crippen LogP contribution is 2.35. The van der Waals surface area contributed by atoms with E-state index in [2.05, 4.69) is 15.4 Å². The van der Waals surface area contributed by atoms with Crippen LogP contribution in [0.2, 0.25) is 0 Å². The molecule has 0 atom stereocenters. The van der Waals surface area contributed by atoms with Gasteiger partial charge in [0.2, 0.25) is 5.91 Å². The third kappa shape index (κ3) is 5.35. The minimum Gasteiger partial charge on any atom is -0.493 e. The van der Waals surface area contributed by atoms with Gasteiger partial charge in [0.1, 0.15) is 10.7 Å². The number of ether oxygens (including phenoxy) is 2. The van der Waals surface area contributed by atoms with E-state index in [-0.39, 0.29) is 31.0 Å². The summed E-state index contributed by atoms with van der Waals surface area (Å²) < 4.78 is 11.9. The van der Waals surface area contributed by atoms with Gasteiger partial charge in [0.15, 0.2) is 11.5 Å². The van der Waals surface area contributed by atoms with Crippen LogP contribution in [0.25, 0.3) is 20.5 Å². The van der Waals surface area contributed by atoms with E-state index in [4.69, 9.17) is 9.47 Å². The molecular formula is C24H24N4O4S2. The molecule has 3 aromatic heterocycles. The number of amides is 1. The van der Waals surface area contributed by atoms with Gasteiger partial charge < -0.3 is 14.8 Å². The summed E-state index contributed by atoms with van der Waals surface area (Å²) in [7, 11) is 3.12. The zero-order valence-corrected chi connectivity index (χ0v) is 20.7. The Morgan fingerprint density at radius 2 is 1.94 bits per heavy atom. The van der Waals surface area contributed by atoms with Crippen LogP contribution < -0.4 is 20.3 Å². The number of hydrogen-bond acceptors (Lipinski definition) is 8. The first-order chi connectivity index (χ1) is 16.5. The van der Waals surface area contributed by atoms with Gasteiger partial charge in [-0.15, -0.1) is 22.7 Å². The molecule has 176 valence electrons. The zero-order valence-electron chi connectivity index (χ0n) is 19.0. The molecule has 0 aliphatic rings. The summed E-state index contributed by atoms with van der Waals surface area (Å²) in [5, 5.41) is 10.3. The van der Waals surface area contributed by atoms with E-state index in [1.807, 2.05) is 30.5 Å². The van der Waals surface area contributed by atoms with Gasteiger partial charge in [-0.05, 0) is 42.1 Å². The number of thiazole rings is 1. The van der Waals surface area contributed by atoms with Crippen LogP contribution in [0, 0.1) is 6.92 Å². The fraction of sp³-hybridized carbons (Fsp3) is 0.250. The normalized spacial score (nSPS) is 10.8. The van der Waals surface area contributed by atoms with E-state index in [9.17, 15) is 9.59 Å². The second-order valence-corrected chi connectivity index (χ2v) is 9.35. The maximum atomic E-state index is 12.4. The summed E-state index contributed by atoms with van der Waals surface area (Å²) >= 11 is 3.19. The van der Waals surface area contributed by atoms with Crippen molar-refractivity contribution in [3.8, 4) is 32.0 Å². The molecule has 0 aliphatic heterocycles. The average Bonchev–Trinajstić information content (AvgIpc) is 3.50. The van der Waals surface area contributed by atoms with E-state index in [0.29, 0.717) is 17.2 Å². The van der Waals surface area contributed by atoms with Crippen molar-refractivity contribution in [2.75, 3.05) is 20.8 Å². The van der Waals surface area contributed by atoms with Crippen LogP contribution in [0.4, 0.5) is 0 Å². The summed E-state index contributed by atoms with van der Waals surface area (Å²) in [6, 6.07) is 12.6. The largest absolute Gasteiger partial charge is 0.493 e. The topological polar surface area (TPSA) is 95.3 Å². The molecule has 1 aromatic carbocycles. The molecule has 3 heterocycles. The van der Waals surface area contributed by atoms with Gasteiger partial charge in [0.05, 0.1) is 42.6 Å². The Balaban J connectivity index is 1.40. The molecule has 4 rings (SSSR count). The minimum atomic E-state index is -0.224. The van der Waals surface area contributed by atoms with E-state index in [0.717, 1.165) is 26.0 Å². The molecule has 0 saturated heterocycles. The smallest absolute Gasteiger partial charge is 0.266 e. The predicted molar refractivity (Wildman–Crippen MR) is 134 cm³/mol. The van der Waals surface area contributed by atoms with Crippen molar-refractivity contribution in [3.63, 3.8) is 0 Å². The van der Waals surface area contributed by atoms with Crippen molar-refractivity contribution in [2.24, 2.45) is 0 Å². The number of methoxy groups -OCH3 is 2. The number of rotatable bonds is 9. The quantitative estimate of drug-likeness (QED) is 0.379. The molecule has 34 heavy (non-hydrogen) atoms. The number of benzene rings is 1. The third-order valence-corrected chi connectivity index (χ3v) is 7.31. The second kappa shape index (κ2) is 10.6. The summed E-state index contributed by atoms with van der Waals surface area (Å²) in [5.41, 5.74) is 2.14. The highest BCUT2D eigenvalue weighted by Gasteiger charge is 2.14. The Bertz CT molecular complexity index is 1350. The van der Waals surface area contributed by atoms with Gasteiger partial charge in [-0.3, -0.25) is 9.59 Å². The van der Waals surface area contributed by atoms with Gasteiger partial charge in [-0.1, -0.05) is 12.1 Å². The van der Waals surface area contributed by atoms with Crippen molar-refractivity contribution in [1.82, 2.24) is 20.1 Å². The number of carbonyl (C=O) groups excluding carboxylic acids is 1. The third-order valence-electron chi connectivity index (χ3n) is 5.09. The number of nitrogens with zero attached hydrogens (tertiary/aromatic N) is 3. The highest BCUT2D eigenvalue weighted by atomic mass is 32.1. The van der Waals surface area contributed by atoms with Crippen molar-refractivity contribution in [3.05, 3.63) is 69.5 Å². The molecule has 0 unspecified atom stereocenters. The molecule has 0 bridgehead atoms. The molecule has 0 fully saturated rings. The average molecular weight is 497 g/mol. The van der Waals surface area contributed by atoms with Gasteiger partial charge in [-0.2, -0.15) is 5.10 Å². The number of aryl methyl sites for hydroxylation is 1. The number of nitrogens with one attached hydrogen (secondary N) is 1. The summed E-state index contributed by atoms with van der Waals surface area (Å²) in [6.07, 6.45) is 0.189.